The Kier molecular flexibility index (Phi) is 6.14. The highest BCUT2D eigenvalue weighted by Crippen LogP contribution is 2.28. The van der Waals surface area contributed by atoms with Gasteiger partial charge in [-0.3, -0.25) is 4.90 Å². The molecule has 1 heterocycles. The SMILES string of the molecule is C[C@@H](Oc1ccc(S(N)(=O)=O)cc1F)c1ccccc1CN1CCCCC1. The molecule has 1 saturated heterocycles. The maximum absolute atomic E-state index is 14.3. The molecule has 2 aromatic carbocycles. The van der Waals surface area contributed by atoms with Crippen molar-refractivity contribution in [3.8, 4) is 5.75 Å². The fourth-order valence-corrected chi connectivity index (χ4v) is 3.97. The number of nitrogens with two attached hydrogens (primary N) is 1. The van der Waals surface area contributed by atoms with Gasteiger partial charge in [0.25, 0.3) is 0 Å². The van der Waals surface area contributed by atoms with Crippen molar-refractivity contribution in [2.75, 3.05) is 13.1 Å². The van der Waals surface area contributed by atoms with E-state index in [4.69, 9.17) is 9.88 Å². The lowest BCUT2D eigenvalue weighted by Crippen LogP contribution is -2.29. The molecular weight excluding hydrogens is 367 g/mol. The van der Waals surface area contributed by atoms with Crippen LogP contribution in [0.4, 0.5) is 4.39 Å². The molecule has 0 aromatic heterocycles. The van der Waals surface area contributed by atoms with Crippen LogP contribution in [0.1, 0.15) is 43.4 Å². The first-order valence-corrected chi connectivity index (χ1v) is 10.7. The number of piperidine rings is 1. The largest absolute Gasteiger partial charge is 0.483 e. The summed E-state index contributed by atoms with van der Waals surface area (Å²) in [5.41, 5.74) is 2.16. The topological polar surface area (TPSA) is 72.6 Å². The second-order valence-electron chi connectivity index (χ2n) is 6.93. The van der Waals surface area contributed by atoms with Gasteiger partial charge in [-0.05, 0) is 62.2 Å². The molecule has 0 radical (unpaired) electrons. The maximum Gasteiger partial charge on any atom is 0.238 e. The number of hydrogen-bond donors (Lipinski definition) is 1. The van der Waals surface area contributed by atoms with Crippen molar-refractivity contribution in [2.24, 2.45) is 5.14 Å². The van der Waals surface area contributed by atoms with Gasteiger partial charge in [-0.2, -0.15) is 0 Å². The Morgan fingerprint density at radius 3 is 2.52 bits per heavy atom. The number of sulfonamides is 1. The fourth-order valence-electron chi connectivity index (χ4n) is 3.44. The number of hydrogen-bond acceptors (Lipinski definition) is 4. The summed E-state index contributed by atoms with van der Waals surface area (Å²) in [5.74, 6) is -0.746. The quantitative estimate of drug-likeness (QED) is 0.815. The molecule has 27 heavy (non-hydrogen) atoms. The lowest BCUT2D eigenvalue weighted by atomic mass is 10.0. The number of ether oxygens (including phenoxy) is 1. The summed E-state index contributed by atoms with van der Waals surface area (Å²) in [7, 11) is -3.95. The average Bonchev–Trinajstić information content (AvgIpc) is 2.64. The van der Waals surface area contributed by atoms with E-state index in [9.17, 15) is 12.8 Å². The number of benzene rings is 2. The highest BCUT2D eigenvalue weighted by molar-refractivity contribution is 7.89. The summed E-state index contributed by atoms with van der Waals surface area (Å²) < 4.78 is 42.8. The molecule has 0 unspecified atom stereocenters. The standard InChI is InChI=1S/C20H25FN2O3S/c1-15(26-20-10-9-17(13-19(20)21)27(22,24)25)18-8-4-3-7-16(18)14-23-11-5-2-6-12-23/h3-4,7-10,13,15H,2,5-6,11-12,14H2,1H3,(H2,22,24,25)/t15-/m1/s1. The molecule has 5 nitrogen and oxygen atoms in total. The van der Waals surface area contributed by atoms with Crippen molar-refractivity contribution in [3.05, 3.63) is 59.4 Å². The fraction of sp³-hybridized carbons (Fsp3) is 0.400. The Morgan fingerprint density at radius 1 is 1.15 bits per heavy atom. The molecule has 146 valence electrons. The summed E-state index contributed by atoms with van der Waals surface area (Å²) in [6, 6.07) is 11.4. The summed E-state index contributed by atoms with van der Waals surface area (Å²) in [6.07, 6.45) is 3.35. The molecular formula is C20H25FN2O3S. The summed E-state index contributed by atoms with van der Waals surface area (Å²) in [6.45, 7) is 4.89. The van der Waals surface area contributed by atoms with E-state index in [1.54, 1.807) is 0 Å². The minimum Gasteiger partial charge on any atom is -0.483 e. The molecule has 0 bridgehead atoms. The minimum absolute atomic E-state index is 0.00248. The van der Waals surface area contributed by atoms with Crippen LogP contribution < -0.4 is 9.88 Å². The summed E-state index contributed by atoms with van der Waals surface area (Å²) >= 11 is 0. The molecule has 1 aliphatic rings. The molecule has 1 fully saturated rings. The van der Waals surface area contributed by atoms with Gasteiger partial charge in [0.15, 0.2) is 11.6 Å². The minimum atomic E-state index is -3.95. The van der Waals surface area contributed by atoms with Crippen molar-refractivity contribution in [3.63, 3.8) is 0 Å². The smallest absolute Gasteiger partial charge is 0.238 e. The normalized spacial score (nSPS) is 16.9. The van der Waals surface area contributed by atoms with Crippen LogP contribution in [0, 0.1) is 5.82 Å². The highest BCUT2D eigenvalue weighted by atomic mass is 32.2. The van der Waals surface area contributed by atoms with Crippen LogP contribution in [-0.4, -0.2) is 26.4 Å². The van der Waals surface area contributed by atoms with E-state index in [1.807, 2.05) is 25.1 Å². The summed E-state index contributed by atoms with van der Waals surface area (Å²) in [4.78, 5) is 2.15. The van der Waals surface area contributed by atoms with Crippen molar-refractivity contribution in [1.82, 2.24) is 4.90 Å². The number of halogens is 1. The third kappa shape index (κ3) is 5.06. The van der Waals surface area contributed by atoms with Gasteiger partial charge >= 0.3 is 0 Å². The van der Waals surface area contributed by atoms with E-state index in [0.29, 0.717) is 0 Å². The Hall–Kier alpha value is -1.96. The van der Waals surface area contributed by atoms with Crippen molar-refractivity contribution in [1.29, 1.82) is 0 Å². The first-order valence-electron chi connectivity index (χ1n) is 9.14. The first-order chi connectivity index (χ1) is 12.8. The monoisotopic (exact) mass is 392 g/mol. The lowest BCUT2D eigenvalue weighted by Gasteiger charge is -2.28. The van der Waals surface area contributed by atoms with Crippen LogP contribution >= 0.6 is 0 Å². The molecule has 0 aliphatic carbocycles. The van der Waals surface area contributed by atoms with Gasteiger partial charge in [0.05, 0.1) is 4.90 Å². The highest BCUT2D eigenvalue weighted by Gasteiger charge is 2.18. The Bertz CT molecular complexity index is 896. The molecule has 0 spiro atoms. The number of likely N-dealkylation sites (tertiary alicyclic amines) is 1. The Labute approximate surface area is 160 Å². The van der Waals surface area contributed by atoms with Gasteiger partial charge in [0.1, 0.15) is 6.10 Å². The molecule has 1 atom stereocenters. The zero-order valence-electron chi connectivity index (χ0n) is 15.4. The maximum atomic E-state index is 14.3. The van der Waals surface area contributed by atoms with Crippen molar-refractivity contribution in [2.45, 2.75) is 43.7 Å². The molecule has 3 rings (SSSR count). The molecule has 7 heteroatoms. The average molecular weight is 392 g/mol. The van der Waals surface area contributed by atoms with Crippen molar-refractivity contribution >= 4 is 10.0 Å². The van der Waals surface area contributed by atoms with Gasteiger partial charge in [0, 0.05) is 6.54 Å². The molecule has 0 amide bonds. The van der Waals surface area contributed by atoms with Gasteiger partial charge < -0.3 is 4.74 Å². The van der Waals surface area contributed by atoms with Crippen LogP contribution in [-0.2, 0) is 16.6 Å². The Morgan fingerprint density at radius 2 is 1.85 bits per heavy atom. The van der Waals surface area contributed by atoms with Gasteiger partial charge in [-0.25, -0.2) is 17.9 Å². The molecule has 2 N–H and O–H groups in total. The zero-order chi connectivity index (χ0) is 19.4. The molecule has 0 saturated carbocycles. The van der Waals surface area contributed by atoms with Gasteiger partial charge in [-0.1, -0.05) is 30.7 Å². The van der Waals surface area contributed by atoms with E-state index in [-0.39, 0.29) is 16.7 Å². The first kappa shape index (κ1) is 19.8. The van der Waals surface area contributed by atoms with Crippen molar-refractivity contribution < 1.29 is 17.5 Å². The zero-order valence-corrected chi connectivity index (χ0v) is 16.2. The van der Waals surface area contributed by atoms with E-state index in [1.165, 1.54) is 31.4 Å². The van der Waals surface area contributed by atoms with Crippen LogP contribution in [0.3, 0.4) is 0 Å². The molecule has 2 aromatic rings. The number of nitrogens with zero attached hydrogens (tertiary/aromatic N) is 1. The van der Waals surface area contributed by atoms with Crippen LogP contribution in [0.25, 0.3) is 0 Å². The van der Waals surface area contributed by atoms with Gasteiger partial charge in [0.2, 0.25) is 10.0 Å². The second-order valence-corrected chi connectivity index (χ2v) is 8.49. The second kappa shape index (κ2) is 8.37. The van der Waals surface area contributed by atoms with E-state index < -0.39 is 15.8 Å². The number of primary sulfonamides is 1. The summed E-state index contributed by atoms with van der Waals surface area (Å²) in [5, 5.41) is 5.04. The van der Waals surface area contributed by atoms with E-state index in [0.717, 1.165) is 36.8 Å². The van der Waals surface area contributed by atoms with E-state index in [2.05, 4.69) is 11.0 Å². The lowest BCUT2D eigenvalue weighted by molar-refractivity contribution is 0.202. The van der Waals surface area contributed by atoms with Crippen LogP contribution in [0.2, 0.25) is 0 Å². The van der Waals surface area contributed by atoms with Crippen LogP contribution in [0.5, 0.6) is 5.75 Å². The third-order valence-corrected chi connectivity index (χ3v) is 5.78. The Balaban J connectivity index is 1.77. The predicted octanol–water partition coefficient (Wildman–Crippen LogP) is 3.60. The predicted molar refractivity (Wildman–Crippen MR) is 102 cm³/mol. The number of rotatable bonds is 6. The van der Waals surface area contributed by atoms with Crippen LogP contribution in [0.15, 0.2) is 47.4 Å². The molecule has 1 aliphatic heterocycles. The third-order valence-electron chi connectivity index (χ3n) is 4.87. The van der Waals surface area contributed by atoms with E-state index >= 15 is 0 Å². The van der Waals surface area contributed by atoms with Gasteiger partial charge in [-0.15, -0.1) is 0 Å².